The number of amides is 2. The van der Waals surface area contributed by atoms with Crippen LogP contribution in [0.15, 0.2) is 48.5 Å². The van der Waals surface area contributed by atoms with E-state index in [0.717, 1.165) is 5.56 Å². The standard InChI is InChI=1S/C20H17N3O7S/c24-17-15-10-14(23(27)28)6-7-16(15)30-12-21(17)8-9-29-18-19(25)31-20(26)22(18)11-13-4-2-1-3-5-13/h1-7,10,18H,8-9,11-12H2. The molecule has 2 aromatic rings. The normalized spacial score (nSPS) is 18.2. The molecule has 11 heteroatoms. The molecule has 4 rings (SSSR count). The van der Waals surface area contributed by atoms with Crippen molar-refractivity contribution in [2.24, 2.45) is 0 Å². The van der Waals surface area contributed by atoms with Gasteiger partial charge in [-0.05, 0) is 11.6 Å². The van der Waals surface area contributed by atoms with Gasteiger partial charge in [0.2, 0.25) is 11.3 Å². The van der Waals surface area contributed by atoms with Crippen LogP contribution in [0.2, 0.25) is 0 Å². The third-order valence-electron chi connectivity index (χ3n) is 4.81. The first-order valence-electron chi connectivity index (χ1n) is 9.32. The van der Waals surface area contributed by atoms with E-state index >= 15 is 0 Å². The van der Waals surface area contributed by atoms with Crippen LogP contribution in [0, 0.1) is 10.1 Å². The lowest BCUT2D eigenvalue weighted by atomic mass is 10.1. The number of thioether (sulfide) groups is 1. The van der Waals surface area contributed by atoms with E-state index in [1.165, 1.54) is 28.0 Å². The second kappa shape index (κ2) is 8.74. The minimum atomic E-state index is -1.05. The van der Waals surface area contributed by atoms with Crippen LogP contribution in [-0.2, 0) is 16.1 Å². The number of carbonyl (C=O) groups excluding carboxylic acids is 3. The third-order valence-corrected chi connectivity index (χ3v) is 5.62. The van der Waals surface area contributed by atoms with Gasteiger partial charge in [0.25, 0.3) is 16.8 Å². The molecule has 0 bridgehead atoms. The van der Waals surface area contributed by atoms with Crippen LogP contribution in [-0.4, -0.2) is 57.1 Å². The first-order chi connectivity index (χ1) is 14.9. The van der Waals surface area contributed by atoms with Crippen molar-refractivity contribution in [3.8, 4) is 5.75 Å². The average Bonchev–Trinajstić information content (AvgIpc) is 3.02. The van der Waals surface area contributed by atoms with Crippen molar-refractivity contribution >= 4 is 33.7 Å². The van der Waals surface area contributed by atoms with Crippen molar-refractivity contribution < 1.29 is 28.8 Å². The highest BCUT2D eigenvalue weighted by atomic mass is 32.2. The van der Waals surface area contributed by atoms with Gasteiger partial charge in [-0.2, -0.15) is 0 Å². The number of rotatable bonds is 7. The lowest BCUT2D eigenvalue weighted by Crippen LogP contribution is -2.43. The van der Waals surface area contributed by atoms with Crippen molar-refractivity contribution in [1.82, 2.24) is 9.80 Å². The highest BCUT2D eigenvalue weighted by Crippen LogP contribution is 2.30. The van der Waals surface area contributed by atoms with Crippen LogP contribution in [0.4, 0.5) is 10.5 Å². The lowest BCUT2D eigenvalue weighted by Gasteiger charge is -2.29. The summed E-state index contributed by atoms with van der Waals surface area (Å²) in [5.41, 5.74) is 0.740. The molecule has 0 aromatic heterocycles. The summed E-state index contributed by atoms with van der Waals surface area (Å²) in [6, 6.07) is 13.1. The number of carbonyl (C=O) groups is 3. The highest BCUT2D eigenvalue weighted by Gasteiger charge is 2.40. The molecule has 160 valence electrons. The first kappa shape index (κ1) is 20.8. The fraction of sp³-hybridized carbons (Fsp3) is 0.250. The number of hydrogen-bond donors (Lipinski definition) is 0. The summed E-state index contributed by atoms with van der Waals surface area (Å²) in [6.07, 6.45) is -1.05. The number of nitro groups is 1. The number of hydrogen-bond acceptors (Lipinski definition) is 8. The number of non-ortho nitro benzene ring substituents is 1. The van der Waals surface area contributed by atoms with E-state index in [0.29, 0.717) is 11.8 Å². The number of nitro benzene ring substituents is 1. The van der Waals surface area contributed by atoms with E-state index in [4.69, 9.17) is 9.47 Å². The van der Waals surface area contributed by atoms with Gasteiger partial charge < -0.3 is 14.4 Å². The summed E-state index contributed by atoms with van der Waals surface area (Å²) in [5, 5.41) is 10.2. The van der Waals surface area contributed by atoms with Gasteiger partial charge in [-0.3, -0.25) is 29.4 Å². The quantitative estimate of drug-likeness (QED) is 0.473. The van der Waals surface area contributed by atoms with E-state index in [1.54, 1.807) is 0 Å². The molecular formula is C20H17N3O7S. The Morgan fingerprint density at radius 2 is 1.94 bits per heavy atom. The Labute approximate surface area is 180 Å². The Hall–Kier alpha value is -3.44. The van der Waals surface area contributed by atoms with E-state index < -0.39 is 27.4 Å². The van der Waals surface area contributed by atoms with Crippen molar-refractivity contribution in [2.45, 2.75) is 12.8 Å². The molecule has 2 heterocycles. The molecule has 2 aromatic carbocycles. The van der Waals surface area contributed by atoms with Crippen molar-refractivity contribution in [1.29, 1.82) is 0 Å². The maximum Gasteiger partial charge on any atom is 0.292 e. The molecule has 0 aliphatic carbocycles. The van der Waals surface area contributed by atoms with Crippen molar-refractivity contribution in [3.05, 3.63) is 69.8 Å². The van der Waals surface area contributed by atoms with Gasteiger partial charge in [0.1, 0.15) is 5.75 Å². The lowest BCUT2D eigenvalue weighted by molar-refractivity contribution is -0.384. The summed E-state index contributed by atoms with van der Waals surface area (Å²) in [4.78, 5) is 50.1. The minimum Gasteiger partial charge on any atom is -0.472 e. The predicted octanol–water partition coefficient (Wildman–Crippen LogP) is 2.63. The van der Waals surface area contributed by atoms with Gasteiger partial charge in [-0.1, -0.05) is 30.3 Å². The third kappa shape index (κ3) is 4.37. The smallest absolute Gasteiger partial charge is 0.292 e. The van der Waals surface area contributed by atoms with Crippen LogP contribution < -0.4 is 4.74 Å². The van der Waals surface area contributed by atoms with E-state index in [2.05, 4.69) is 0 Å². The SMILES string of the molecule is O=C1SC(=O)N(Cc2ccccc2)C1OCCN1COc2ccc([N+](=O)[O-])cc2C1=O. The van der Waals surface area contributed by atoms with Crippen LogP contribution in [0.5, 0.6) is 5.75 Å². The molecule has 2 amide bonds. The summed E-state index contributed by atoms with van der Waals surface area (Å²) >= 11 is 0.591. The molecule has 2 aliphatic heterocycles. The fourth-order valence-electron chi connectivity index (χ4n) is 3.25. The van der Waals surface area contributed by atoms with E-state index in [9.17, 15) is 24.5 Å². The Morgan fingerprint density at radius 3 is 2.68 bits per heavy atom. The van der Waals surface area contributed by atoms with Crippen LogP contribution in [0.1, 0.15) is 15.9 Å². The summed E-state index contributed by atoms with van der Waals surface area (Å²) in [5.74, 6) is -0.160. The zero-order chi connectivity index (χ0) is 22.0. The molecule has 10 nitrogen and oxygen atoms in total. The Balaban J connectivity index is 1.38. The van der Waals surface area contributed by atoms with Crippen molar-refractivity contribution in [3.63, 3.8) is 0 Å². The topological polar surface area (TPSA) is 119 Å². The largest absolute Gasteiger partial charge is 0.472 e. The predicted molar refractivity (Wildman–Crippen MR) is 109 cm³/mol. The van der Waals surface area contributed by atoms with Crippen LogP contribution >= 0.6 is 11.8 Å². The second-order valence-corrected chi connectivity index (χ2v) is 7.76. The maximum absolute atomic E-state index is 12.7. The van der Waals surface area contributed by atoms with Crippen LogP contribution in [0.25, 0.3) is 0 Å². The van der Waals surface area contributed by atoms with Gasteiger partial charge in [0.15, 0.2) is 6.73 Å². The molecule has 1 unspecified atom stereocenters. The number of fused-ring (bicyclic) bond motifs is 1. The maximum atomic E-state index is 12.7. The molecule has 1 fully saturated rings. The Morgan fingerprint density at radius 1 is 1.16 bits per heavy atom. The highest BCUT2D eigenvalue weighted by molar-refractivity contribution is 8.26. The van der Waals surface area contributed by atoms with Crippen molar-refractivity contribution in [2.75, 3.05) is 19.9 Å². The number of benzene rings is 2. The summed E-state index contributed by atoms with van der Waals surface area (Å²) in [7, 11) is 0. The van der Waals surface area contributed by atoms with Gasteiger partial charge in [-0.25, -0.2) is 0 Å². The molecule has 0 radical (unpaired) electrons. The van der Waals surface area contributed by atoms with Gasteiger partial charge in [0.05, 0.1) is 17.1 Å². The molecular weight excluding hydrogens is 426 g/mol. The summed E-state index contributed by atoms with van der Waals surface area (Å²) < 4.78 is 11.1. The number of ether oxygens (including phenoxy) is 2. The first-order valence-corrected chi connectivity index (χ1v) is 10.1. The molecule has 0 spiro atoms. The average molecular weight is 443 g/mol. The monoisotopic (exact) mass is 443 g/mol. The van der Waals surface area contributed by atoms with E-state index in [1.807, 2.05) is 30.3 Å². The van der Waals surface area contributed by atoms with Gasteiger partial charge >= 0.3 is 0 Å². The molecule has 2 aliphatic rings. The van der Waals surface area contributed by atoms with Crippen LogP contribution in [0.3, 0.4) is 0 Å². The van der Waals surface area contributed by atoms with Gasteiger partial charge in [-0.15, -0.1) is 0 Å². The Bertz CT molecular complexity index is 1050. The fourth-order valence-corrected chi connectivity index (χ4v) is 3.99. The molecule has 31 heavy (non-hydrogen) atoms. The molecule has 0 N–H and O–H groups in total. The zero-order valence-corrected chi connectivity index (χ0v) is 16.9. The van der Waals surface area contributed by atoms with Gasteiger partial charge in [0, 0.05) is 37.0 Å². The molecule has 0 saturated carbocycles. The van der Waals surface area contributed by atoms with E-state index in [-0.39, 0.29) is 43.4 Å². The molecule has 1 atom stereocenters. The zero-order valence-electron chi connectivity index (χ0n) is 16.1. The Kier molecular flexibility index (Phi) is 5.87. The second-order valence-electron chi connectivity index (χ2n) is 6.80. The minimum absolute atomic E-state index is 0.0190. The molecule has 1 saturated heterocycles. The number of nitrogens with zero attached hydrogens (tertiary/aromatic N) is 3. The summed E-state index contributed by atoms with van der Waals surface area (Å²) in [6.45, 7) is 0.247.